The zero-order chi connectivity index (χ0) is 11.6. The maximum Gasteiger partial charge on any atom is 0.266 e. The minimum absolute atomic E-state index is 0.157. The van der Waals surface area contributed by atoms with Gasteiger partial charge in [-0.1, -0.05) is 0 Å². The third-order valence-corrected chi connectivity index (χ3v) is 1.78. The first-order chi connectivity index (χ1) is 6.99. The average molecular weight is 217 g/mol. The number of pyridine rings is 1. The fraction of sp³-hybridized carbons (Fsp3) is 0.250. The third kappa shape index (κ3) is 1.95. The molecule has 0 aromatic carbocycles. The Labute approximate surface area is 84.0 Å². The lowest BCUT2D eigenvalue weighted by molar-refractivity contribution is 0.0982. The Hall–Kier alpha value is -1.92. The first-order valence-electron chi connectivity index (χ1n) is 3.89. The predicted octanol–water partition coefficient (Wildman–Crippen LogP) is 0.709. The highest BCUT2D eigenvalue weighted by Gasteiger charge is 2.23. The molecule has 0 unspecified atom stereocenters. The Kier molecular flexibility index (Phi) is 3.03. The highest BCUT2D eigenvalue weighted by molar-refractivity contribution is 5.98. The molecule has 4 N–H and O–H groups in total. The molecule has 0 saturated carbocycles. The fourth-order valence-electron chi connectivity index (χ4n) is 1.15. The highest BCUT2D eigenvalue weighted by atomic mass is 19.3. The van der Waals surface area contributed by atoms with Gasteiger partial charge in [0.2, 0.25) is 0 Å². The number of methoxy groups -OCH3 is 1. The number of carbonyl (C=O) groups is 1. The Bertz CT molecular complexity index is 396. The number of primary amides is 1. The summed E-state index contributed by atoms with van der Waals surface area (Å²) in [7, 11) is 1.19. The molecule has 0 saturated heterocycles. The molecule has 1 amide bonds. The molecule has 5 nitrogen and oxygen atoms in total. The number of ether oxygens (including phenoxy) is 1. The van der Waals surface area contributed by atoms with Crippen LogP contribution in [-0.4, -0.2) is 18.0 Å². The summed E-state index contributed by atoms with van der Waals surface area (Å²) in [6.07, 6.45) is -2.06. The van der Waals surface area contributed by atoms with Crippen LogP contribution in [0.15, 0.2) is 6.20 Å². The van der Waals surface area contributed by atoms with Crippen LogP contribution in [0.25, 0.3) is 0 Å². The molecule has 82 valence electrons. The van der Waals surface area contributed by atoms with E-state index in [4.69, 9.17) is 16.2 Å². The summed E-state index contributed by atoms with van der Waals surface area (Å²) < 4.78 is 29.7. The van der Waals surface area contributed by atoms with Gasteiger partial charge in [-0.05, 0) is 0 Å². The van der Waals surface area contributed by atoms with Crippen LogP contribution >= 0.6 is 0 Å². The van der Waals surface area contributed by atoms with Gasteiger partial charge >= 0.3 is 0 Å². The summed E-state index contributed by atoms with van der Waals surface area (Å²) >= 11 is 0. The third-order valence-electron chi connectivity index (χ3n) is 1.78. The summed E-state index contributed by atoms with van der Waals surface area (Å²) in [5.41, 5.74) is 9.29. The average Bonchev–Trinajstić information content (AvgIpc) is 2.16. The number of nitrogens with two attached hydrogens (primary N) is 2. The van der Waals surface area contributed by atoms with Gasteiger partial charge in [0.25, 0.3) is 12.3 Å². The molecule has 0 atom stereocenters. The van der Waals surface area contributed by atoms with Gasteiger partial charge in [0.05, 0.1) is 18.2 Å². The minimum atomic E-state index is -2.87. The van der Waals surface area contributed by atoms with E-state index >= 15 is 0 Å². The highest BCUT2D eigenvalue weighted by Crippen LogP contribution is 2.32. The van der Waals surface area contributed by atoms with Crippen LogP contribution in [0.2, 0.25) is 0 Å². The normalized spacial score (nSPS) is 10.4. The molecule has 0 radical (unpaired) electrons. The van der Waals surface area contributed by atoms with Gasteiger partial charge in [-0.25, -0.2) is 13.8 Å². The van der Waals surface area contributed by atoms with Crippen molar-refractivity contribution < 1.29 is 18.3 Å². The fourth-order valence-corrected chi connectivity index (χ4v) is 1.15. The van der Waals surface area contributed by atoms with E-state index in [1.54, 1.807) is 0 Å². The van der Waals surface area contributed by atoms with Crippen molar-refractivity contribution in [3.05, 3.63) is 17.3 Å². The summed E-state index contributed by atoms with van der Waals surface area (Å²) in [6.45, 7) is 0. The van der Waals surface area contributed by atoms with Crippen LogP contribution in [-0.2, 0) is 0 Å². The van der Waals surface area contributed by atoms with Crippen molar-refractivity contribution in [2.45, 2.75) is 6.43 Å². The number of nitrogens with zero attached hydrogens (tertiary/aromatic N) is 1. The number of hydrogen-bond acceptors (Lipinski definition) is 4. The zero-order valence-corrected chi connectivity index (χ0v) is 7.83. The van der Waals surface area contributed by atoms with E-state index in [2.05, 4.69) is 4.98 Å². The first-order valence-corrected chi connectivity index (χ1v) is 3.89. The molecule has 0 spiro atoms. The van der Waals surface area contributed by atoms with Crippen molar-refractivity contribution in [3.8, 4) is 5.75 Å². The molecular formula is C8H9F2N3O2. The van der Waals surface area contributed by atoms with Crippen LogP contribution in [0.3, 0.4) is 0 Å². The quantitative estimate of drug-likeness (QED) is 0.779. The lowest BCUT2D eigenvalue weighted by Gasteiger charge is -2.11. The summed E-state index contributed by atoms with van der Waals surface area (Å²) in [5, 5.41) is 0. The van der Waals surface area contributed by atoms with Gasteiger partial charge in [0.15, 0.2) is 11.6 Å². The largest absolute Gasteiger partial charge is 0.492 e. The number of nitrogen functional groups attached to an aromatic ring is 1. The van der Waals surface area contributed by atoms with Crippen molar-refractivity contribution in [1.82, 2.24) is 4.98 Å². The van der Waals surface area contributed by atoms with E-state index < -0.39 is 23.5 Å². The van der Waals surface area contributed by atoms with E-state index in [1.807, 2.05) is 0 Å². The Balaban J connectivity index is 3.49. The van der Waals surface area contributed by atoms with E-state index in [-0.39, 0.29) is 11.6 Å². The van der Waals surface area contributed by atoms with Crippen LogP contribution in [0.1, 0.15) is 22.3 Å². The smallest absolute Gasteiger partial charge is 0.266 e. The molecule has 0 aliphatic rings. The zero-order valence-electron chi connectivity index (χ0n) is 7.83. The lowest BCUT2D eigenvalue weighted by atomic mass is 10.1. The minimum Gasteiger partial charge on any atom is -0.492 e. The van der Waals surface area contributed by atoms with E-state index in [0.717, 1.165) is 6.20 Å². The molecule has 1 rings (SSSR count). The van der Waals surface area contributed by atoms with Crippen LogP contribution in [0.4, 0.5) is 14.6 Å². The van der Waals surface area contributed by atoms with Crippen LogP contribution in [0.5, 0.6) is 5.75 Å². The molecule has 0 fully saturated rings. The van der Waals surface area contributed by atoms with Gasteiger partial charge in [0, 0.05) is 6.20 Å². The van der Waals surface area contributed by atoms with E-state index in [0.29, 0.717) is 0 Å². The Morgan fingerprint density at radius 3 is 2.60 bits per heavy atom. The predicted molar refractivity (Wildman–Crippen MR) is 48.7 cm³/mol. The molecule has 7 heteroatoms. The van der Waals surface area contributed by atoms with Gasteiger partial charge < -0.3 is 16.2 Å². The second-order valence-electron chi connectivity index (χ2n) is 2.67. The van der Waals surface area contributed by atoms with E-state index in [9.17, 15) is 13.6 Å². The number of alkyl halides is 2. The van der Waals surface area contributed by atoms with Gasteiger partial charge in [-0.2, -0.15) is 0 Å². The van der Waals surface area contributed by atoms with Crippen molar-refractivity contribution in [2.24, 2.45) is 5.73 Å². The SMILES string of the molecule is COc1c(N)ncc(C(F)F)c1C(N)=O. The van der Waals surface area contributed by atoms with Gasteiger partial charge in [-0.3, -0.25) is 4.79 Å². The number of amides is 1. The lowest BCUT2D eigenvalue weighted by Crippen LogP contribution is -2.17. The number of aromatic nitrogens is 1. The van der Waals surface area contributed by atoms with Gasteiger partial charge in [-0.15, -0.1) is 0 Å². The molecular weight excluding hydrogens is 208 g/mol. The topological polar surface area (TPSA) is 91.2 Å². The number of rotatable bonds is 3. The van der Waals surface area contributed by atoms with Crippen molar-refractivity contribution in [3.63, 3.8) is 0 Å². The summed E-state index contributed by atoms with van der Waals surface area (Å²) in [5.74, 6) is -1.41. The van der Waals surface area contributed by atoms with Crippen molar-refractivity contribution >= 4 is 11.7 Å². The second-order valence-corrected chi connectivity index (χ2v) is 2.67. The second kappa shape index (κ2) is 4.07. The molecule has 15 heavy (non-hydrogen) atoms. The summed E-state index contributed by atoms with van der Waals surface area (Å²) in [4.78, 5) is 14.5. The maximum atomic E-state index is 12.5. The maximum absolute atomic E-state index is 12.5. The Morgan fingerprint density at radius 1 is 1.60 bits per heavy atom. The number of anilines is 1. The molecule has 0 aliphatic heterocycles. The van der Waals surface area contributed by atoms with Crippen molar-refractivity contribution in [1.29, 1.82) is 0 Å². The van der Waals surface area contributed by atoms with Crippen LogP contribution < -0.4 is 16.2 Å². The molecule has 0 bridgehead atoms. The Morgan fingerprint density at radius 2 is 2.20 bits per heavy atom. The summed E-state index contributed by atoms with van der Waals surface area (Å²) in [6, 6.07) is 0. The number of halogens is 2. The molecule has 1 heterocycles. The number of hydrogen-bond donors (Lipinski definition) is 2. The number of carbonyl (C=O) groups excluding carboxylic acids is 1. The van der Waals surface area contributed by atoms with E-state index in [1.165, 1.54) is 7.11 Å². The molecule has 1 aromatic heterocycles. The van der Waals surface area contributed by atoms with Crippen molar-refractivity contribution in [2.75, 3.05) is 12.8 Å². The monoisotopic (exact) mass is 217 g/mol. The molecule has 0 aliphatic carbocycles. The molecule has 1 aromatic rings. The standard InChI is InChI=1S/C8H9F2N3O2/c1-15-5-4(8(12)14)3(6(9)10)2-13-7(5)11/h2,6H,1H3,(H2,11,13)(H2,12,14). The van der Waals surface area contributed by atoms with Gasteiger partial charge in [0.1, 0.15) is 0 Å². The first kappa shape index (κ1) is 11.2. The van der Waals surface area contributed by atoms with Crippen LogP contribution in [0, 0.1) is 0 Å².